The van der Waals surface area contributed by atoms with Gasteiger partial charge in [0.1, 0.15) is 0 Å². The Morgan fingerprint density at radius 2 is 1.71 bits per heavy atom. The van der Waals surface area contributed by atoms with Crippen LogP contribution in [0.15, 0.2) is 0 Å². The van der Waals surface area contributed by atoms with Crippen molar-refractivity contribution in [2.45, 2.75) is 0 Å². The van der Waals surface area contributed by atoms with Gasteiger partial charge < -0.3 is 12.7 Å². The van der Waals surface area contributed by atoms with E-state index in [1.807, 2.05) is 0 Å². The molecule has 0 amide bonds. The molecule has 74 valence electrons. The van der Waals surface area contributed by atoms with Gasteiger partial charge in [0.05, 0.1) is 0 Å². The van der Waals surface area contributed by atoms with Crippen LogP contribution in [0.2, 0.25) is 0 Å². The normalized spacial score (nSPS) is 8.93. The minimum atomic E-state index is -4.94. The fourth-order valence-electron chi connectivity index (χ4n) is 0.231. The number of carbonyl (C=O) groups is 2. The molecular formula is C3H6Na2O8S. The van der Waals surface area contributed by atoms with Crippen LogP contribution in [0.1, 0.15) is 2.85 Å². The van der Waals surface area contributed by atoms with E-state index in [1.165, 1.54) is 0 Å². The number of hydrogen-bond acceptors (Lipinski definition) is 6. The topological polar surface area (TPSA) is 127 Å². The summed E-state index contributed by atoms with van der Waals surface area (Å²) in [5.74, 6) is -1.48. The molecular weight excluding hydrogens is 242 g/mol. The van der Waals surface area contributed by atoms with Crippen LogP contribution in [0, 0.1) is 0 Å². The zero-order valence-electron chi connectivity index (χ0n) is 9.46. The Balaban J connectivity index is -0.000000101. The second-order valence-electron chi connectivity index (χ2n) is 1.44. The average Bonchev–Trinajstić information content (AvgIpc) is 1.79. The molecule has 0 aromatic rings. The number of ether oxygens (including phenoxy) is 1. The smallest absolute Gasteiger partial charge is 1.00 e. The number of carboxylic acids is 1. The molecule has 0 heterocycles. The third kappa shape index (κ3) is 15.1. The summed E-state index contributed by atoms with van der Waals surface area (Å²) in [6.45, 7) is -1.05. The Morgan fingerprint density at radius 3 is 2.00 bits per heavy atom. The van der Waals surface area contributed by atoms with Crippen LogP contribution in [0.3, 0.4) is 0 Å². The maximum Gasteiger partial charge on any atom is 1.00 e. The monoisotopic (exact) mass is 248 g/mol. The van der Waals surface area contributed by atoms with Gasteiger partial charge in [-0.25, -0.2) is 9.59 Å². The zero-order valence-corrected chi connectivity index (χ0v) is 12.3. The predicted molar refractivity (Wildman–Crippen MR) is 33.8 cm³/mol. The molecule has 0 aromatic carbocycles. The van der Waals surface area contributed by atoms with Gasteiger partial charge in [-0.1, -0.05) is 0 Å². The number of carboxylic acid groups (broad SMARTS) is 1. The van der Waals surface area contributed by atoms with Gasteiger partial charge in [-0.3, -0.25) is 8.74 Å². The first-order valence-electron chi connectivity index (χ1n) is 2.36. The molecule has 0 radical (unpaired) electrons. The quantitative estimate of drug-likeness (QED) is 0.286. The van der Waals surface area contributed by atoms with Gasteiger partial charge in [0.15, 0.2) is 6.61 Å². The van der Waals surface area contributed by atoms with Crippen LogP contribution < -0.4 is 59.1 Å². The summed E-state index contributed by atoms with van der Waals surface area (Å²) in [4.78, 5) is 19.8. The number of aliphatic carboxylic acids is 1. The molecule has 0 saturated carbocycles. The molecule has 8 nitrogen and oxygen atoms in total. The average molecular weight is 248 g/mol. The van der Waals surface area contributed by atoms with Crippen LogP contribution in [0.5, 0.6) is 0 Å². The van der Waals surface area contributed by atoms with Crippen molar-refractivity contribution in [3.8, 4) is 0 Å². The van der Waals surface area contributed by atoms with Crippen molar-refractivity contribution < 1.29 is 98.6 Å². The summed E-state index contributed by atoms with van der Waals surface area (Å²) in [5.41, 5.74) is 0. The largest absolute Gasteiger partial charge is 1.00 e. The standard InChI is InChI=1S/C3H4O8S.2Na.2H/c4-2(5)1-10-3(6)11-12(7,8)9;;;;/h1H2,(H,4,5)(H,7,8,9);;;;/q;2*+1;2*-1. The van der Waals surface area contributed by atoms with E-state index in [2.05, 4.69) is 8.92 Å². The second kappa shape index (κ2) is 8.92. The number of hydrogen-bond donors (Lipinski definition) is 2. The van der Waals surface area contributed by atoms with Crippen molar-refractivity contribution in [3.05, 3.63) is 0 Å². The van der Waals surface area contributed by atoms with Gasteiger partial charge in [-0.05, 0) is 0 Å². The number of carbonyl (C=O) groups excluding carboxylic acids is 1. The Labute approximate surface area is 126 Å². The van der Waals surface area contributed by atoms with E-state index < -0.39 is 29.1 Å². The predicted octanol–water partition coefficient (Wildman–Crippen LogP) is -6.74. The Kier molecular flexibility index (Phi) is 12.8. The van der Waals surface area contributed by atoms with Gasteiger partial charge >= 0.3 is 81.6 Å². The first-order chi connectivity index (χ1) is 5.31. The van der Waals surface area contributed by atoms with E-state index in [0.717, 1.165) is 0 Å². The van der Waals surface area contributed by atoms with E-state index in [-0.39, 0.29) is 62.0 Å². The molecule has 0 fully saturated rings. The second-order valence-corrected chi connectivity index (χ2v) is 2.47. The summed E-state index contributed by atoms with van der Waals surface area (Å²) in [5, 5.41) is 7.92. The molecule has 11 heteroatoms. The van der Waals surface area contributed by atoms with Crippen LogP contribution in [-0.2, 0) is 24.1 Å². The van der Waals surface area contributed by atoms with E-state index in [0.29, 0.717) is 0 Å². The van der Waals surface area contributed by atoms with Crippen molar-refractivity contribution in [1.82, 2.24) is 0 Å². The molecule has 0 unspecified atom stereocenters. The maximum atomic E-state index is 10.1. The fourth-order valence-corrected chi connectivity index (χ4v) is 0.451. The maximum absolute atomic E-state index is 10.1. The third-order valence-electron chi connectivity index (χ3n) is 0.487. The van der Waals surface area contributed by atoms with Crippen molar-refractivity contribution in [1.29, 1.82) is 0 Å². The fraction of sp³-hybridized carbons (Fsp3) is 0.333. The van der Waals surface area contributed by atoms with Gasteiger partial charge in [-0.2, -0.15) is 8.42 Å². The molecule has 0 bridgehead atoms. The first kappa shape index (κ1) is 20.1. The van der Waals surface area contributed by atoms with E-state index >= 15 is 0 Å². The van der Waals surface area contributed by atoms with E-state index in [1.54, 1.807) is 0 Å². The minimum Gasteiger partial charge on any atom is -1.00 e. The summed E-state index contributed by atoms with van der Waals surface area (Å²) >= 11 is 0. The van der Waals surface area contributed by atoms with Crippen molar-refractivity contribution >= 4 is 22.5 Å². The SMILES string of the molecule is O=C(O)COC(=O)OS(=O)(=O)O.[H-].[H-].[Na+].[Na+]. The third-order valence-corrected chi connectivity index (χ3v) is 0.834. The summed E-state index contributed by atoms with van der Waals surface area (Å²) in [6, 6.07) is 0. The summed E-state index contributed by atoms with van der Waals surface area (Å²) < 4.78 is 34.3. The molecule has 2 N–H and O–H groups in total. The first-order valence-corrected chi connectivity index (χ1v) is 3.73. The van der Waals surface area contributed by atoms with Crippen molar-refractivity contribution in [2.75, 3.05) is 6.61 Å². The molecule has 0 aliphatic carbocycles. The van der Waals surface area contributed by atoms with Gasteiger partial charge in [0.2, 0.25) is 0 Å². The Bertz CT molecular complexity index is 292. The van der Waals surface area contributed by atoms with Gasteiger partial charge in [-0.15, -0.1) is 0 Å². The van der Waals surface area contributed by atoms with Crippen molar-refractivity contribution in [2.24, 2.45) is 0 Å². The van der Waals surface area contributed by atoms with Gasteiger partial charge in [0.25, 0.3) is 0 Å². The van der Waals surface area contributed by atoms with Crippen LogP contribution in [0.25, 0.3) is 0 Å². The molecule has 0 saturated heterocycles. The van der Waals surface area contributed by atoms with E-state index in [9.17, 15) is 18.0 Å². The van der Waals surface area contributed by atoms with Crippen LogP contribution in [-0.4, -0.2) is 36.8 Å². The molecule has 0 aliphatic rings. The number of rotatable bonds is 3. The molecule has 14 heavy (non-hydrogen) atoms. The van der Waals surface area contributed by atoms with Crippen LogP contribution >= 0.6 is 0 Å². The molecule has 0 atom stereocenters. The Morgan fingerprint density at radius 1 is 1.29 bits per heavy atom. The zero-order chi connectivity index (χ0) is 9.78. The van der Waals surface area contributed by atoms with Gasteiger partial charge in [0, 0.05) is 0 Å². The summed E-state index contributed by atoms with van der Waals surface area (Å²) in [6.07, 6.45) is -1.81. The molecule has 0 spiro atoms. The summed E-state index contributed by atoms with van der Waals surface area (Å²) in [7, 11) is -4.94. The molecule has 0 rings (SSSR count). The van der Waals surface area contributed by atoms with Crippen molar-refractivity contribution in [3.63, 3.8) is 0 Å². The molecule has 0 aromatic heterocycles. The minimum absolute atomic E-state index is 0. The Hall–Kier alpha value is 0.650. The van der Waals surface area contributed by atoms with E-state index in [4.69, 9.17) is 9.66 Å². The molecule has 0 aliphatic heterocycles. The van der Waals surface area contributed by atoms with Crippen LogP contribution in [0.4, 0.5) is 4.79 Å².